The molecule has 3 atom stereocenters. The van der Waals surface area contributed by atoms with Crippen molar-refractivity contribution in [1.82, 2.24) is 0 Å². The number of rotatable bonds is 5. The number of carbonyl (C=O) groups excluding carboxylic acids is 1. The zero-order chi connectivity index (χ0) is 14.7. The molecule has 110 valence electrons. The van der Waals surface area contributed by atoms with Crippen molar-refractivity contribution >= 4 is 28.2 Å². The summed E-state index contributed by atoms with van der Waals surface area (Å²) in [5, 5.41) is 0.314. The van der Waals surface area contributed by atoms with Gasteiger partial charge in [-0.2, -0.15) is 0 Å². The van der Waals surface area contributed by atoms with Gasteiger partial charge in [-0.05, 0) is 31.5 Å². The maximum absolute atomic E-state index is 12.2. The van der Waals surface area contributed by atoms with Crippen molar-refractivity contribution < 1.29 is 18.5 Å². The minimum atomic E-state index is -1.22. The van der Waals surface area contributed by atoms with Gasteiger partial charge in [-0.15, -0.1) is 0 Å². The summed E-state index contributed by atoms with van der Waals surface area (Å²) >= 11 is 5.99. The second-order valence-corrected chi connectivity index (χ2v) is 6.76. The van der Waals surface area contributed by atoms with Gasteiger partial charge in [0.15, 0.2) is 5.78 Å². The monoisotopic (exact) mass is 316 g/mol. The SMILES string of the molecule is COc1ccc(C(=O)CS(=O)C2CCOC2C)cc1Cl. The highest BCUT2D eigenvalue weighted by Crippen LogP contribution is 2.25. The van der Waals surface area contributed by atoms with E-state index < -0.39 is 10.8 Å². The lowest BCUT2D eigenvalue weighted by molar-refractivity contribution is 0.102. The lowest BCUT2D eigenvalue weighted by atomic mass is 10.1. The predicted molar refractivity (Wildman–Crippen MR) is 79.2 cm³/mol. The van der Waals surface area contributed by atoms with Gasteiger partial charge in [0.05, 0.1) is 29.2 Å². The Morgan fingerprint density at radius 2 is 2.30 bits per heavy atom. The van der Waals surface area contributed by atoms with Gasteiger partial charge in [-0.1, -0.05) is 11.6 Å². The van der Waals surface area contributed by atoms with Crippen molar-refractivity contribution in [2.75, 3.05) is 19.5 Å². The highest BCUT2D eigenvalue weighted by atomic mass is 35.5. The van der Waals surface area contributed by atoms with Crippen LogP contribution in [-0.4, -0.2) is 40.8 Å². The Kier molecular flexibility index (Phi) is 5.18. The van der Waals surface area contributed by atoms with E-state index in [1.165, 1.54) is 7.11 Å². The largest absolute Gasteiger partial charge is 0.495 e. The molecule has 6 heteroatoms. The molecule has 1 aromatic rings. The summed E-state index contributed by atoms with van der Waals surface area (Å²) in [4.78, 5) is 12.1. The molecule has 0 spiro atoms. The van der Waals surface area contributed by atoms with Crippen molar-refractivity contribution in [2.24, 2.45) is 0 Å². The molecule has 1 heterocycles. The first-order chi connectivity index (χ1) is 9.52. The molecule has 2 rings (SSSR count). The average Bonchev–Trinajstić information content (AvgIpc) is 2.84. The fourth-order valence-corrected chi connectivity index (χ4v) is 3.98. The van der Waals surface area contributed by atoms with E-state index in [1.807, 2.05) is 6.92 Å². The molecule has 3 unspecified atom stereocenters. The molecule has 0 bridgehead atoms. The maximum atomic E-state index is 12.2. The highest BCUT2D eigenvalue weighted by Gasteiger charge is 2.30. The summed E-state index contributed by atoms with van der Waals surface area (Å²) in [6.07, 6.45) is 0.688. The number of Topliss-reactive ketones (excluding diaryl/α,β-unsaturated/α-hetero) is 1. The smallest absolute Gasteiger partial charge is 0.175 e. The molecule has 0 saturated carbocycles. The number of ketones is 1. The number of methoxy groups -OCH3 is 1. The van der Waals surface area contributed by atoms with Crippen LogP contribution < -0.4 is 4.74 Å². The van der Waals surface area contributed by atoms with E-state index in [0.29, 0.717) is 22.9 Å². The van der Waals surface area contributed by atoms with Gasteiger partial charge in [0.1, 0.15) is 5.75 Å². The zero-order valence-corrected chi connectivity index (χ0v) is 13.0. The molecular formula is C14H17ClO4S. The highest BCUT2D eigenvalue weighted by molar-refractivity contribution is 7.86. The molecule has 0 N–H and O–H groups in total. The van der Waals surface area contributed by atoms with E-state index in [1.54, 1.807) is 18.2 Å². The zero-order valence-electron chi connectivity index (χ0n) is 11.4. The quantitative estimate of drug-likeness (QED) is 0.783. The number of benzene rings is 1. The Hall–Kier alpha value is -0.910. The van der Waals surface area contributed by atoms with Crippen LogP contribution in [0, 0.1) is 0 Å². The number of carbonyl (C=O) groups is 1. The second kappa shape index (κ2) is 6.70. The summed E-state index contributed by atoms with van der Waals surface area (Å²) in [5.74, 6) is 0.343. The molecule has 0 radical (unpaired) electrons. The minimum absolute atomic E-state index is 0.00102. The lowest BCUT2D eigenvalue weighted by Crippen LogP contribution is -2.27. The van der Waals surface area contributed by atoms with Gasteiger partial charge in [0.25, 0.3) is 0 Å². The molecular weight excluding hydrogens is 300 g/mol. The van der Waals surface area contributed by atoms with Gasteiger partial charge in [-0.3, -0.25) is 9.00 Å². The van der Waals surface area contributed by atoms with Crippen LogP contribution in [0.25, 0.3) is 0 Å². The molecule has 20 heavy (non-hydrogen) atoms. The van der Waals surface area contributed by atoms with Crippen molar-refractivity contribution in [2.45, 2.75) is 24.7 Å². The Morgan fingerprint density at radius 1 is 1.55 bits per heavy atom. The molecule has 1 saturated heterocycles. The summed E-state index contributed by atoms with van der Waals surface area (Å²) in [6, 6.07) is 4.83. The third-order valence-electron chi connectivity index (χ3n) is 3.39. The maximum Gasteiger partial charge on any atom is 0.175 e. The topological polar surface area (TPSA) is 52.6 Å². The number of halogens is 1. The van der Waals surface area contributed by atoms with Crippen LogP contribution in [-0.2, 0) is 15.5 Å². The summed E-state index contributed by atoms with van der Waals surface area (Å²) < 4.78 is 22.6. The predicted octanol–water partition coefficient (Wildman–Crippen LogP) is 2.46. The van der Waals surface area contributed by atoms with Crippen LogP contribution in [0.1, 0.15) is 23.7 Å². The Bertz CT molecular complexity index is 532. The molecule has 1 aromatic carbocycles. The fraction of sp³-hybridized carbons (Fsp3) is 0.500. The van der Waals surface area contributed by atoms with Crippen LogP contribution in [0.5, 0.6) is 5.75 Å². The van der Waals surface area contributed by atoms with Crippen LogP contribution >= 0.6 is 11.6 Å². The molecule has 1 aliphatic rings. The molecule has 0 aliphatic carbocycles. The standard InChI is InChI=1S/C14H17ClO4S/c1-9-14(5-6-19-9)20(17)8-12(16)10-3-4-13(18-2)11(15)7-10/h3-4,7,9,14H,5-6,8H2,1-2H3. The molecule has 0 aromatic heterocycles. The van der Waals surface area contributed by atoms with Crippen molar-refractivity contribution in [3.05, 3.63) is 28.8 Å². The number of hydrogen-bond donors (Lipinski definition) is 0. The molecule has 1 fully saturated rings. The third-order valence-corrected chi connectivity index (χ3v) is 5.53. The number of hydrogen-bond acceptors (Lipinski definition) is 4. The van der Waals surface area contributed by atoms with E-state index >= 15 is 0 Å². The van der Waals surface area contributed by atoms with Gasteiger partial charge >= 0.3 is 0 Å². The van der Waals surface area contributed by atoms with E-state index in [-0.39, 0.29) is 22.9 Å². The van der Waals surface area contributed by atoms with Crippen molar-refractivity contribution in [3.8, 4) is 5.75 Å². The van der Waals surface area contributed by atoms with Gasteiger partial charge < -0.3 is 9.47 Å². The van der Waals surface area contributed by atoms with Crippen molar-refractivity contribution in [1.29, 1.82) is 0 Å². The molecule has 0 amide bonds. The van der Waals surface area contributed by atoms with Crippen LogP contribution in [0.3, 0.4) is 0 Å². The van der Waals surface area contributed by atoms with E-state index in [9.17, 15) is 9.00 Å². The molecule has 4 nitrogen and oxygen atoms in total. The normalized spacial score (nSPS) is 23.6. The van der Waals surface area contributed by atoms with Crippen LogP contribution in [0.2, 0.25) is 5.02 Å². The van der Waals surface area contributed by atoms with Gasteiger partial charge in [0, 0.05) is 23.0 Å². The summed E-state index contributed by atoms with van der Waals surface area (Å²) in [5.41, 5.74) is 0.454. The minimum Gasteiger partial charge on any atom is -0.495 e. The summed E-state index contributed by atoms with van der Waals surface area (Å²) in [7, 11) is 0.294. The first-order valence-corrected chi connectivity index (χ1v) is 8.14. The van der Waals surface area contributed by atoms with Crippen LogP contribution in [0.4, 0.5) is 0 Å². The first-order valence-electron chi connectivity index (χ1n) is 6.38. The van der Waals surface area contributed by atoms with Crippen molar-refractivity contribution in [3.63, 3.8) is 0 Å². The Labute approximate surface area is 125 Å². The Balaban J connectivity index is 2.04. The third kappa shape index (κ3) is 3.40. The lowest BCUT2D eigenvalue weighted by Gasteiger charge is -2.13. The van der Waals surface area contributed by atoms with Gasteiger partial charge in [0.2, 0.25) is 0 Å². The van der Waals surface area contributed by atoms with E-state index in [0.717, 1.165) is 6.42 Å². The number of ether oxygens (including phenoxy) is 2. The van der Waals surface area contributed by atoms with Crippen LogP contribution in [0.15, 0.2) is 18.2 Å². The van der Waals surface area contributed by atoms with Gasteiger partial charge in [-0.25, -0.2) is 0 Å². The van der Waals surface area contributed by atoms with E-state index in [2.05, 4.69) is 0 Å². The fourth-order valence-electron chi connectivity index (χ4n) is 2.22. The second-order valence-electron chi connectivity index (χ2n) is 4.70. The molecule has 1 aliphatic heterocycles. The average molecular weight is 317 g/mol. The van der Waals surface area contributed by atoms with E-state index in [4.69, 9.17) is 21.1 Å². The Morgan fingerprint density at radius 3 is 2.85 bits per heavy atom. The summed E-state index contributed by atoms with van der Waals surface area (Å²) in [6.45, 7) is 2.50. The first kappa shape index (κ1) is 15.5.